The maximum absolute atomic E-state index is 5.62. The van der Waals surface area contributed by atoms with Gasteiger partial charge in [0.05, 0.1) is 18.9 Å². The number of aromatic nitrogens is 3. The molecular weight excluding hydrogens is 302 g/mol. The molecule has 0 radical (unpaired) electrons. The predicted molar refractivity (Wildman–Crippen MR) is 88.8 cm³/mol. The fourth-order valence-electron chi connectivity index (χ4n) is 3.79. The Bertz CT molecular complexity index is 822. The van der Waals surface area contributed by atoms with Crippen molar-refractivity contribution < 1.29 is 9.15 Å². The monoisotopic (exact) mass is 321 g/mol. The quantitative estimate of drug-likeness (QED) is 0.742. The molecule has 5 nitrogen and oxygen atoms in total. The molecule has 24 heavy (non-hydrogen) atoms. The predicted octanol–water partition coefficient (Wildman–Crippen LogP) is 3.38. The Hall–Kier alpha value is -2.40. The van der Waals surface area contributed by atoms with Crippen LogP contribution >= 0.6 is 0 Å². The third-order valence-electron chi connectivity index (χ3n) is 5.06. The number of furan rings is 1. The third-order valence-corrected chi connectivity index (χ3v) is 5.06. The second-order valence-electron chi connectivity index (χ2n) is 6.61. The number of hydrogen-bond donors (Lipinski definition) is 0. The van der Waals surface area contributed by atoms with Gasteiger partial charge in [0, 0.05) is 12.5 Å². The second-order valence-corrected chi connectivity index (χ2v) is 6.61. The van der Waals surface area contributed by atoms with Crippen molar-refractivity contribution in [3.8, 4) is 11.6 Å². The standard InChI is InChI=1S/C19H19N3O2/c1-2-5-14-11-16(10-13(14)4-1)22-19(17-6-3-8-24-17)20-18(21-22)15-7-9-23-12-15/h1-6,8,15-16H,7,9-12H2/t15-/m1/s1. The van der Waals surface area contributed by atoms with Crippen molar-refractivity contribution in [3.63, 3.8) is 0 Å². The van der Waals surface area contributed by atoms with Crippen LogP contribution in [0, 0.1) is 0 Å². The Balaban J connectivity index is 1.55. The highest BCUT2D eigenvalue weighted by Gasteiger charge is 2.30. The minimum Gasteiger partial charge on any atom is -0.461 e. The van der Waals surface area contributed by atoms with Crippen molar-refractivity contribution in [2.45, 2.75) is 31.2 Å². The largest absolute Gasteiger partial charge is 0.461 e. The average Bonchev–Trinajstić information content (AvgIpc) is 3.40. The third kappa shape index (κ3) is 2.27. The van der Waals surface area contributed by atoms with Gasteiger partial charge < -0.3 is 9.15 Å². The summed E-state index contributed by atoms with van der Waals surface area (Å²) in [5, 5.41) is 4.88. The fourth-order valence-corrected chi connectivity index (χ4v) is 3.79. The van der Waals surface area contributed by atoms with Gasteiger partial charge >= 0.3 is 0 Å². The van der Waals surface area contributed by atoms with Crippen LogP contribution in [-0.2, 0) is 17.6 Å². The van der Waals surface area contributed by atoms with Crippen LogP contribution in [0.1, 0.15) is 35.3 Å². The smallest absolute Gasteiger partial charge is 0.194 e. The van der Waals surface area contributed by atoms with Gasteiger partial charge in [0.1, 0.15) is 0 Å². The van der Waals surface area contributed by atoms with Gasteiger partial charge in [0.2, 0.25) is 0 Å². The highest BCUT2D eigenvalue weighted by atomic mass is 16.5. The van der Waals surface area contributed by atoms with E-state index in [0.29, 0.717) is 18.6 Å². The lowest BCUT2D eigenvalue weighted by Gasteiger charge is -2.11. The zero-order valence-corrected chi connectivity index (χ0v) is 13.4. The molecule has 3 aromatic rings. The molecule has 0 saturated carbocycles. The van der Waals surface area contributed by atoms with Crippen LogP contribution in [0.5, 0.6) is 0 Å². The Morgan fingerprint density at radius 3 is 2.54 bits per heavy atom. The van der Waals surface area contributed by atoms with E-state index >= 15 is 0 Å². The van der Waals surface area contributed by atoms with E-state index in [2.05, 4.69) is 28.9 Å². The van der Waals surface area contributed by atoms with Crippen LogP contribution in [0.25, 0.3) is 11.6 Å². The Labute approximate surface area is 140 Å². The molecule has 0 amide bonds. The Morgan fingerprint density at radius 1 is 1.04 bits per heavy atom. The van der Waals surface area contributed by atoms with Gasteiger partial charge in [-0.25, -0.2) is 9.67 Å². The van der Waals surface area contributed by atoms with E-state index in [9.17, 15) is 0 Å². The van der Waals surface area contributed by atoms with Gasteiger partial charge in [0.25, 0.3) is 0 Å². The Morgan fingerprint density at radius 2 is 1.88 bits per heavy atom. The number of fused-ring (bicyclic) bond motifs is 1. The first-order valence-electron chi connectivity index (χ1n) is 8.53. The molecular formula is C19H19N3O2. The molecule has 0 N–H and O–H groups in total. The van der Waals surface area contributed by atoms with Crippen molar-refractivity contribution in [3.05, 3.63) is 59.6 Å². The highest BCUT2D eigenvalue weighted by molar-refractivity contribution is 5.47. The summed E-state index contributed by atoms with van der Waals surface area (Å²) in [6.07, 6.45) is 4.67. The number of hydrogen-bond acceptors (Lipinski definition) is 4. The van der Waals surface area contributed by atoms with E-state index in [1.807, 2.05) is 12.1 Å². The maximum atomic E-state index is 5.62. The number of rotatable bonds is 3. The van der Waals surface area contributed by atoms with E-state index in [4.69, 9.17) is 19.2 Å². The lowest BCUT2D eigenvalue weighted by Crippen LogP contribution is -2.13. The lowest BCUT2D eigenvalue weighted by atomic mass is 10.1. The molecule has 122 valence electrons. The van der Waals surface area contributed by atoms with Crippen LogP contribution in [0.3, 0.4) is 0 Å². The lowest BCUT2D eigenvalue weighted by molar-refractivity contribution is 0.193. The molecule has 0 bridgehead atoms. The molecule has 0 spiro atoms. The zero-order valence-electron chi connectivity index (χ0n) is 13.4. The van der Waals surface area contributed by atoms with E-state index in [1.165, 1.54) is 11.1 Å². The topological polar surface area (TPSA) is 53.1 Å². The SMILES string of the molecule is c1coc(-c2nc([C@@H]3CCOC3)nn2C2Cc3ccccc3C2)c1. The van der Waals surface area contributed by atoms with E-state index < -0.39 is 0 Å². The van der Waals surface area contributed by atoms with E-state index in [0.717, 1.165) is 43.3 Å². The van der Waals surface area contributed by atoms with Gasteiger partial charge in [-0.2, -0.15) is 5.10 Å². The molecule has 1 saturated heterocycles. The van der Waals surface area contributed by atoms with Gasteiger partial charge in [-0.05, 0) is 42.5 Å². The maximum Gasteiger partial charge on any atom is 0.194 e. The minimum atomic E-state index is 0.295. The minimum absolute atomic E-state index is 0.295. The normalized spacial score (nSPS) is 20.6. The van der Waals surface area contributed by atoms with Gasteiger partial charge in [-0.15, -0.1) is 0 Å². The van der Waals surface area contributed by atoms with Gasteiger partial charge in [-0.1, -0.05) is 24.3 Å². The fraction of sp³-hybridized carbons (Fsp3) is 0.368. The molecule has 1 atom stereocenters. The van der Waals surface area contributed by atoms with Crippen LogP contribution in [0.15, 0.2) is 47.1 Å². The zero-order chi connectivity index (χ0) is 15.9. The summed E-state index contributed by atoms with van der Waals surface area (Å²) in [5.41, 5.74) is 2.82. The van der Waals surface area contributed by atoms with Crippen LogP contribution in [0.2, 0.25) is 0 Å². The molecule has 1 aromatic carbocycles. The summed E-state index contributed by atoms with van der Waals surface area (Å²) >= 11 is 0. The number of ether oxygens (including phenoxy) is 1. The van der Waals surface area contributed by atoms with Crippen LogP contribution < -0.4 is 0 Å². The summed E-state index contributed by atoms with van der Waals surface area (Å²) in [5.74, 6) is 2.79. The second kappa shape index (κ2) is 5.60. The van der Waals surface area contributed by atoms with E-state index in [1.54, 1.807) is 6.26 Å². The summed E-state index contributed by atoms with van der Waals surface area (Å²) in [4.78, 5) is 4.82. The average molecular weight is 321 g/mol. The van der Waals surface area contributed by atoms with Crippen LogP contribution in [-0.4, -0.2) is 28.0 Å². The molecule has 1 fully saturated rings. The summed E-state index contributed by atoms with van der Waals surface area (Å²) in [6, 6.07) is 12.8. The first kappa shape index (κ1) is 14.0. The molecule has 2 aromatic heterocycles. The molecule has 2 aliphatic rings. The first-order chi connectivity index (χ1) is 11.9. The highest BCUT2D eigenvalue weighted by Crippen LogP contribution is 2.34. The molecule has 5 rings (SSSR count). The summed E-state index contributed by atoms with van der Waals surface area (Å²) in [6.45, 7) is 1.51. The number of nitrogens with zero attached hydrogens (tertiary/aromatic N) is 3. The van der Waals surface area contributed by atoms with E-state index in [-0.39, 0.29) is 0 Å². The van der Waals surface area contributed by atoms with Crippen molar-refractivity contribution in [1.82, 2.24) is 14.8 Å². The van der Waals surface area contributed by atoms with Crippen molar-refractivity contribution in [2.75, 3.05) is 13.2 Å². The van der Waals surface area contributed by atoms with Crippen LogP contribution in [0.4, 0.5) is 0 Å². The molecule has 5 heteroatoms. The molecule has 1 aliphatic carbocycles. The summed E-state index contributed by atoms with van der Waals surface area (Å²) in [7, 11) is 0. The number of benzene rings is 1. The Kier molecular flexibility index (Phi) is 3.26. The first-order valence-corrected chi connectivity index (χ1v) is 8.53. The van der Waals surface area contributed by atoms with Crippen molar-refractivity contribution in [2.24, 2.45) is 0 Å². The van der Waals surface area contributed by atoms with Crippen molar-refractivity contribution in [1.29, 1.82) is 0 Å². The summed E-state index contributed by atoms with van der Waals surface area (Å²) < 4.78 is 13.2. The van der Waals surface area contributed by atoms with Crippen molar-refractivity contribution >= 4 is 0 Å². The van der Waals surface area contributed by atoms with Gasteiger partial charge in [0.15, 0.2) is 17.4 Å². The molecule has 0 unspecified atom stereocenters. The van der Waals surface area contributed by atoms with Gasteiger partial charge in [-0.3, -0.25) is 0 Å². The molecule has 1 aliphatic heterocycles. The molecule has 3 heterocycles.